The van der Waals surface area contributed by atoms with Crippen LogP contribution < -0.4 is 5.32 Å². The van der Waals surface area contributed by atoms with Crippen molar-refractivity contribution in [2.24, 2.45) is 5.92 Å². The summed E-state index contributed by atoms with van der Waals surface area (Å²) < 4.78 is 4.97. The number of nitrogens with zero attached hydrogens (tertiary/aromatic N) is 1. The molecule has 1 aliphatic heterocycles. The van der Waals surface area contributed by atoms with E-state index in [1.807, 2.05) is 27.7 Å². The Balaban J connectivity index is 2.55. The summed E-state index contributed by atoms with van der Waals surface area (Å²) in [4.78, 5) is 25.6. The number of hydrogen-bond donors (Lipinski definition) is 1. The van der Waals surface area contributed by atoms with Gasteiger partial charge in [-0.15, -0.1) is 0 Å². The topological polar surface area (TPSA) is 58.6 Å². The van der Waals surface area contributed by atoms with Crippen molar-refractivity contribution in [3.05, 3.63) is 0 Å². The van der Waals surface area contributed by atoms with Gasteiger partial charge >= 0.3 is 0 Å². The van der Waals surface area contributed by atoms with Gasteiger partial charge in [-0.3, -0.25) is 9.59 Å². The first-order valence-corrected chi connectivity index (χ1v) is 6.35. The molecule has 0 aromatic carbocycles. The van der Waals surface area contributed by atoms with E-state index in [1.54, 1.807) is 12.0 Å². The van der Waals surface area contributed by atoms with Crippen LogP contribution in [0, 0.1) is 5.92 Å². The van der Waals surface area contributed by atoms with Crippen molar-refractivity contribution in [1.29, 1.82) is 0 Å². The molecule has 2 unspecified atom stereocenters. The smallest absolute Gasteiger partial charge is 0.225 e. The zero-order chi connectivity index (χ0) is 13.9. The number of carbonyl (C=O) groups is 2. The Morgan fingerprint density at radius 1 is 1.56 bits per heavy atom. The van der Waals surface area contributed by atoms with Gasteiger partial charge in [0.2, 0.25) is 11.8 Å². The first kappa shape index (κ1) is 15.0. The molecule has 1 aliphatic rings. The van der Waals surface area contributed by atoms with E-state index in [1.165, 1.54) is 0 Å². The number of nitrogens with one attached hydrogen (secondary N) is 1. The summed E-state index contributed by atoms with van der Waals surface area (Å²) in [5, 5.41) is 2.87. The number of amides is 2. The van der Waals surface area contributed by atoms with Gasteiger partial charge in [0.1, 0.15) is 0 Å². The minimum atomic E-state index is -0.240. The SMILES string of the molecule is COCC(C)NC(=O)C1CC(=O)N(C(C)(C)C)C1. The lowest BCUT2D eigenvalue weighted by molar-refractivity contribution is -0.132. The van der Waals surface area contributed by atoms with E-state index < -0.39 is 0 Å². The first-order valence-electron chi connectivity index (χ1n) is 6.35. The van der Waals surface area contributed by atoms with E-state index in [0.29, 0.717) is 19.6 Å². The molecule has 1 fully saturated rings. The third-order valence-corrected chi connectivity index (χ3v) is 3.11. The molecule has 0 spiro atoms. The summed E-state index contributed by atoms with van der Waals surface area (Å²) in [6.07, 6.45) is 0.308. The summed E-state index contributed by atoms with van der Waals surface area (Å²) in [5.74, 6) is -0.238. The lowest BCUT2D eigenvalue weighted by atomic mass is 10.1. The maximum Gasteiger partial charge on any atom is 0.225 e. The standard InChI is InChI=1S/C13H24N2O3/c1-9(8-18-5)14-12(17)10-6-11(16)15(7-10)13(2,3)4/h9-10H,6-8H2,1-5H3,(H,14,17). The molecule has 2 atom stereocenters. The van der Waals surface area contributed by atoms with E-state index in [-0.39, 0.29) is 29.3 Å². The molecule has 18 heavy (non-hydrogen) atoms. The van der Waals surface area contributed by atoms with Gasteiger partial charge in [0, 0.05) is 31.7 Å². The van der Waals surface area contributed by atoms with Gasteiger partial charge in [0.05, 0.1) is 12.5 Å². The predicted octanol–water partition coefficient (Wildman–Crippen LogP) is 0.785. The molecule has 104 valence electrons. The van der Waals surface area contributed by atoms with Crippen molar-refractivity contribution >= 4 is 11.8 Å². The summed E-state index contributed by atoms with van der Waals surface area (Å²) in [5.41, 5.74) is -0.218. The van der Waals surface area contributed by atoms with Gasteiger partial charge in [-0.25, -0.2) is 0 Å². The van der Waals surface area contributed by atoms with Gasteiger partial charge in [0.25, 0.3) is 0 Å². The highest BCUT2D eigenvalue weighted by Gasteiger charge is 2.39. The van der Waals surface area contributed by atoms with Gasteiger partial charge in [0.15, 0.2) is 0 Å². The molecule has 0 radical (unpaired) electrons. The highest BCUT2D eigenvalue weighted by Crippen LogP contribution is 2.25. The lowest BCUT2D eigenvalue weighted by Gasteiger charge is -2.32. The molecule has 0 aliphatic carbocycles. The van der Waals surface area contributed by atoms with Crippen LogP contribution in [0.5, 0.6) is 0 Å². The third kappa shape index (κ3) is 3.70. The molecule has 0 aromatic rings. The second kappa shape index (κ2) is 5.69. The molecule has 5 nitrogen and oxygen atoms in total. The maximum absolute atomic E-state index is 12.0. The van der Waals surface area contributed by atoms with Crippen molar-refractivity contribution < 1.29 is 14.3 Å². The largest absolute Gasteiger partial charge is 0.383 e. The monoisotopic (exact) mass is 256 g/mol. The number of hydrogen-bond acceptors (Lipinski definition) is 3. The van der Waals surface area contributed by atoms with Crippen LogP contribution in [-0.4, -0.2) is 48.6 Å². The van der Waals surface area contributed by atoms with Gasteiger partial charge in [-0.2, -0.15) is 0 Å². The number of methoxy groups -OCH3 is 1. The predicted molar refractivity (Wildman–Crippen MR) is 69.1 cm³/mol. The van der Waals surface area contributed by atoms with E-state index in [4.69, 9.17) is 4.74 Å². The minimum Gasteiger partial charge on any atom is -0.383 e. The zero-order valence-corrected chi connectivity index (χ0v) is 11.9. The van der Waals surface area contributed by atoms with Crippen LogP contribution in [-0.2, 0) is 14.3 Å². The molecule has 5 heteroatoms. The Hall–Kier alpha value is -1.10. The normalized spacial score (nSPS) is 22.2. The van der Waals surface area contributed by atoms with Crippen LogP contribution in [0.15, 0.2) is 0 Å². The zero-order valence-electron chi connectivity index (χ0n) is 11.9. The Bertz CT molecular complexity index is 323. The Morgan fingerprint density at radius 2 is 2.17 bits per heavy atom. The first-order chi connectivity index (χ1) is 8.25. The number of likely N-dealkylation sites (tertiary alicyclic amines) is 1. The lowest BCUT2D eigenvalue weighted by Crippen LogP contribution is -2.44. The number of carbonyl (C=O) groups excluding carboxylic acids is 2. The Labute approximate surface area is 109 Å². The van der Waals surface area contributed by atoms with Crippen LogP contribution in [0.2, 0.25) is 0 Å². The van der Waals surface area contributed by atoms with Crippen molar-refractivity contribution in [2.45, 2.75) is 45.7 Å². The fourth-order valence-corrected chi connectivity index (χ4v) is 2.18. The van der Waals surface area contributed by atoms with Crippen LogP contribution in [0.4, 0.5) is 0 Å². The van der Waals surface area contributed by atoms with E-state index in [0.717, 1.165) is 0 Å². The third-order valence-electron chi connectivity index (χ3n) is 3.11. The molecule has 0 saturated carbocycles. The van der Waals surface area contributed by atoms with Gasteiger partial charge < -0.3 is 15.0 Å². The van der Waals surface area contributed by atoms with Gasteiger partial charge in [-0.05, 0) is 27.7 Å². The molecule has 1 rings (SSSR count). The quantitative estimate of drug-likeness (QED) is 0.809. The average Bonchev–Trinajstić information content (AvgIpc) is 2.60. The van der Waals surface area contributed by atoms with Crippen LogP contribution in [0.25, 0.3) is 0 Å². The van der Waals surface area contributed by atoms with E-state index in [9.17, 15) is 9.59 Å². The molecule has 2 amide bonds. The van der Waals surface area contributed by atoms with E-state index in [2.05, 4.69) is 5.32 Å². The molecule has 1 N–H and O–H groups in total. The Kier molecular flexibility index (Phi) is 4.73. The summed E-state index contributed by atoms with van der Waals surface area (Å²) in [6.45, 7) is 8.83. The second-order valence-electron chi connectivity index (χ2n) is 5.94. The van der Waals surface area contributed by atoms with Crippen molar-refractivity contribution in [3.63, 3.8) is 0 Å². The highest BCUT2D eigenvalue weighted by atomic mass is 16.5. The van der Waals surface area contributed by atoms with Crippen molar-refractivity contribution in [3.8, 4) is 0 Å². The van der Waals surface area contributed by atoms with Crippen LogP contribution in [0.1, 0.15) is 34.1 Å². The average molecular weight is 256 g/mol. The summed E-state index contributed by atoms with van der Waals surface area (Å²) in [6, 6.07) is -0.0266. The summed E-state index contributed by atoms with van der Waals surface area (Å²) >= 11 is 0. The number of rotatable bonds is 4. The second-order valence-corrected chi connectivity index (χ2v) is 5.94. The molecular weight excluding hydrogens is 232 g/mol. The molecule has 1 saturated heterocycles. The van der Waals surface area contributed by atoms with Crippen LogP contribution in [0.3, 0.4) is 0 Å². The Morgan fingerprint density at radius 3 is 2.61 bits per heavy atom. The van der Waals surface area contributed by atoms with Gasteiger partial charge in [-0.1, -0.05) is 0 Å². The number of ether oxygens (including phenoxy) is 1. The summed E-state index contributed by atoms with van der Waals surface area (Å²) in [7, 11) is 1.60. The van der Waals surface area contributed by atoms with Crippen LogP contribution >= 0.6 is 0 Å². The molecule has 0 aromatic heterocycles. The van der Waals surface area contributed by atoms with Crippen molar-refractivity contribution in [1.82, 2.24) is 10.2 Å². The van der Waals surface area contributed by atoms with E-state index >= 15 is 0 Å². The fourth-order valence-electron chi connectivity index (χ4n) is 2.18. The molecule has 1 heterocycles. The minimum absolute atomic E-state index is 0.0266. The molecule has 0 bridgehead atoms. The highest BCUT2D eigenvalue weighted by molar-refractivity contribution is 5.89. The van der Waals surface area contributed by atoms with Crippen molar-refractivity contribution in [2.75, 3.05) is 20.3 Å². The molecular formula is C13H24N2O3. The maximum atomic E-state index is 12.0. The fraction of sp³-hybridized carbons (Fsp3) is 0.846.